The van der Waals surface area contributed by atoms with E-state index in [9.17, 15) is 24.3 Å². The lowest BCUT2D eigenvalue weighted by Gasteiger charge is -2.31. The standard InChI is InChI=1S/C37H45N3O7/c41-34(27-46-33-20-22-40(23-21-33)37(45)47-26-29-15-8-4-9-16-29)38-31-19-11-17-30(24-31)36(44)39-32(25-35(42)43)18-10-2-1-5-12-28-13-6-3-7-14-28/h3-4,6-9,11,13-17,19,24,32-33H,1-2,5,10,12,18,20-23,25-27H2,(H,38,41)(H,39,44)(H,42,43). The molecule has 0 bridgehead atoms. The zero-order valence-electron chi connectivity index (χ0n) is 26.8. The fourth-order valence-corrected chi connectivity index (χ4v) is 5.57. The summed E-state index contributed by atoms with van der Waals surface area (Å²) in [6, 6.07) is 25.9. The number of carboxylic acid groups (broad SMARTS) is 1. The molecular formula is C37H45N3O7. The number of nitrogens with one attached hydrogen (secondary N) is 2. The number of nitrogens with zero attached hydrogens (tertiary/aromatic N) is 1. The molecule has 1 saturated heterocycles. The van der Waals surface area contributed by atoms with Crippen molar-refractivity contribution in [2.24, 2.45) is 0 Å². The Morgan fingerprint density at radius 3 is 2.21 bits per heavy atom. The number of ether oxygens (including phenoxy) is 2. The number of hydrogen-bond acceptors (Lipinski definition) is 6. The van der Waals surface area contributed by atoms with Crippen LogP contribution in [0.2, 0.25) is 0 Å². The van der Waals surface area contributed by atoms with Crippen LogP contribution < -0.4 is 10.6 Å². The van der Waals surface area contributed by atoms with E-state index in [1.165, 1.54) is 5.56 Å². The molecule has 3 amide bonds. The molecule has 1 fully saturated rings. The minimum absolute atomic E-state index is 0.155. The van der Waals surface area contributed by atoms with Gasteiger partial charge in [0.05, 0.1) is 12.5 Å². The second-order valence-corrected chi connectivity index (χ2v) is 11.9. The number of unbranched alkanes of at least 4 members (excludes halogenated alkanes) is 3. The number of likely N-dealkylation sites (tertiary alicyclic amines) is 1. The number of aliphatic carboxylic acids is 1. The zero-order valence-corrected chi connectivity index (χ0v) is 26.8. The average molecular weight is 644 g/mol. The average Bonchev–Trinajstić information content (AvgIpc) is 3.08. The molecule has 0 radical (unpaired) electrons. The maximum Gasteiger partial charge on any atom is 0.410 e. The molecule has 0 saturated carbocycles. The molecular weight excluding hydrogens is 598 g/mol. The highest BCUT2D eigenvalue weighted by atomic mass is 16.6. The Kier molecular flexibility index (Phi) is 14.3. The molecule has 1 aliphatic rings. The zero-order chi connectivity index (χ0) is 33.3. The topological polar surface area (TPSA) is 134 Å². The third kappa shape index (κ3) is 12.9. The van der Waals surface area contributed by atoms with Gasteiger partial charge in [-0.25, -0.2) is 4.79 Å². The molecule has 1 atom stereocenters. The predicted octanol–water partition coefficient (Wildman–Crippen LogP) is 6.21. The van der Waals surface area contributed by atoms with E-state index in [4.69, 9.17) is 9.47 Å². The number of amides is 3. The van der Waals surface area contributed by atoms with Gasteiger partial charge < -0.3 is 30.1 Å². The number of carbonyl (C=O) groups excluding carboxylic acids is 3. The lowest BCUT2D eigenvalue weighted by molar-refractivity contribution is -0.137. The van der Waals surface area contributed by atoms with Crippen LogP contribution in [0.15, 0.2) is 84.9 Å². The molecule has 1 unspecified atom stereocenters. The quantitative estimate of drug-likeness (QED) is 0.149. The molecule has 10 heteroatoms. The van der Waals surface area contributed by atoms with Gasteiger partial charge in [-0.15, -0.1) is 0 Å². The van der Waals surface area contributed by atoms with Crippen LogP contribution in [0.4, 0.5) is 10.5 Å². The lowest BCUT2D eigenvalue weighted by Crippen LogP contribution is -2.41. The first kappa shape index (κ1) is 35.2. The van der Waals surface area contributed by atoms with Crippen molar-refractivity contribution in [3.05, 3.63) is 102 Å². The summed E-state index contributed by atoms with van der Waals surface area (Å²) in [5.74, 6) is -1.71. The SMILES string of the molecule is O=C(O)CC(CCCCCCc1ccccc1)NC(=O)c1cccc(NC(=O)COC2CCN(C(=O)OCc3ccccc3)CC2)c1. The number of rotatable bonds is 17. The van der Waals surface area contributed by atoms with E-state index in [1.807, 2.05) is 48.5 Å². The third-order valence-corrected chi connectivity index (χ3v) is 8.13. The van der Waals surface area contributed by atoms with Crippen LogP contribution in [0, 0.1) is 0 Å². The fraction of sp³-hybridized carbons (Fsp3) is 0.405. The number of piperidine rings is 1. The van der Waals surface area contributed by atoms with Gasteiger partial charge in [-0.1, -0.05) is 86.0 Å². The first-order valence-electron chi connectivity index (χ1n) is 16.4. The van der Waals surface area contributed by atoms with Crippen LogP contribution >= 0.6 is 0 Å². The Hall–Kier alpha value is -4.70. The van der Waals surface area contributed by atoms with Crippen molar-refractivity contribution < 1.29 is 33.8 Å². The second-order valence-electron chi connectivity index (χ2n) is 11.9. The largest absolute Gasteiger partial charge is 0.481 e. The first-order chi connectivity index (χ1) is 22.9. The van der Waals surface area contributed by atoms with Gasteiger partial charge >= 0.3 is 12.1 Å². The Morgan fingerprint density at radius 1 is 0.830 bits per heavy atom. The number of hydrogen-bond donors (Lipinski definition) is 3. The van der Waals surface area contributed by atoms with Gasteiger partial charge in [-0.2, -0.15) is 0 Å². The maximum absolute atomic E-state index is 13.0. The van der Waals surface area contributed by atoms with Crippen molar-refractivity contribution in [1.82, 2.24) is 10.2 Å². The molecule has 1 aliphatic heterocycles. The van der Waals surface area contributed by atoms with Gasteiger partial charge in [0.2, 0.25) is 5.91 Å². The second kappa shape index (κ2) is 19.1. The minimum Gasteiger partial charge on any atom is -0.481 e. The summed E-state index contributed by atoms with van der Waals surface area (Å²) in [5.41, 5.74) is 3.00. The van der Waals surface area contributed by atoms with E-state index < -0.39 is 12.0 Å². The summed E-state index contributed by atoms with van der Waals surface area (Å²) in [6.07, 6.45) is 5.98. The fourth-order valence-electron chi connectivity index (χ4n) is 5.57. The van der Waals surface area contributed by atoms with E-state index in [1.54, 1.807) is 29.2 Å². The smallest absolute Gasteiger partial charge is 0.410 e. The van der Waals surface area contributed by atoms with E-state index >= 15 is 0 Å². The summed E-state index contributed by atoms with van der Waals surface area (Å²) in [6.45, 7) is 1.02. The van der Waals surface area contributed by atoms with E-state index in [0.29, 0.717) is 43.6 Å². The monoisotopic (exact) mass is 643 g/mol. The van der Waals surface area contributed by atoms with Gasteiger partial charge in [-0.3, -0.25) is 14.4 Å². The molecule has 1 heterocycles. The minimum atomic E-state index is -0.964. The number of carboxylic acids is 1. The Bertz CT molecular complexity index is 1430. The van der Waals surface area contributed by atoms with Crippen LogP contribution in [0.1, 0.15) is 72.9 Å². The van der Waals surface area contributed by atoms with Crippen LogP contribution in [0.3, 0.4) is 0 Å². The van der Waals surface area contributed by atoms with Gasteiger partial charge in [0.1, 0.15) is 13.2 Å². The van der Waals surface area contributed by atoms with E-state index in [-0.39, 0.29) is 43.6 Å². The molecule has 3 N–H and O–H groups in total. The van der Waals surface area contributed by atoms with E-state index in [2.05, 4.69) is 22.8 Å². The lowest BCUT2D eigenvalue weighted by atomic mass is 10.0. The molecule has 0 aromatic heterocycles. The Balaban J connectivity index is 1.14. The molecule has 10 nitrogen and oxygen atoms in total. The summed E-state index contributed by atoms with van der Waals surface area (Å²) in [4.78, 5) is 51.1. The summed E-state index contributed by atoms with van der Waals surface area (Å²) < 4.78 is 11.2. The van der Waals surface area contributed by atoms with Crippen molar-refractivity contribution in [3.63, 3.8) is 0 Å². The van der Waals surface area contributed by atoms with Gasteiger partial charge in [-0.05, 0) is 61.4 Å². The van der Waals surface area contributed by atoms with Gasteiger partial charge in [0.25, 0.3) is 5.91 Å². The number of carbonyl (C=O) groups is 4. The summed E-state index contributed by atoms with van der Waals surface area (Å²) >= 11 is 0. The highest BCUT2D eigenvalue weighted by Gasteiger charge is 2.25. The Morgan fingerprint density at radius 2 is 1.51 bits per heavy atom. The van der Waals surface area contributed by atoms with Gasteiger partial charge in [0, 0.05) is 30.4 Å². The predicted molar refractivity (Wildman–Crippen MR) is 179 cm³/mol. The molecule has 3 aromatic carbocycles. The molecule has 4 rings (SSSR count). The van der Waals surface area contributed by atoms with Crippen molar-refractivity contribution in [1.29, 1.82) is 0 Å². The van der Waals surface area contributed by atoms with Crippen LogP contribution in [0.25, 0.3) is 0 Å². The summed E-state index contributed by atoms with van der Waals surface area (Å²) in [7, 11) is 0. The third-order valence-electron chi connectivity index (χ3n) is 8.13. The highest BCUT2D eigenvalue weighted by molar-refractivity contribution is 5.97. The maximum atomic E-state index is 13.0. The van der Waals surface area contributed by atoms with Crippen molar-refractivity contribution in [2.75, 3.05) is 25.0 Å². The number of benzene rings is 3. The van der Waals surface area contributed by atoms with E-state index in [0.717, 1.165) is 37.7 Å². The number of aryl methyl sites for hydroxylation is 1. The molecule has 0 aliphatic carbocycles. The van der Waals surface area contributed by atoms with Crippen molar-refractivity contribution in [2.45, 2.75) is 76.5 Å². The van der Waals surface area contributed by atoms with Crippen LogP contribution in [0.5, 0.6) is 0 Å². The first-order valence-corrected chi connectivity index (χ1v) is 16.4. The van der Waals surface area contributed by atoms with Gasteiger partial charge in [0.15, 0.2) is 0 Å². The molecule has 3 aromatic rings. The highest BCUT2D eigenvalue weighted by Crippen LogP contribution is 2.17. The van der Waals surface area contributed by atoms with Crippen molar-refractivity contribution >= 4 is 29.6 Å². The summed E-state index contributed by atoms with van der Waals surface area (Å²) in [5, 5.41) is 15.0. The van der Waals surface area contributed by atoms with Crippen molar-refractivity contribution in [3.8, 4) is 0 Å². The Labute approximate surface area is 276 Å². The molecule has 250 valence electrons. The number of anilines is 1. The molecule has 47 heavy (non-hydrogen) atoms. The van der Waals surface area contributed by atoms with Crippen LogP contribution in [-0.4, -0.2) is 65.7 Å². The molecule has 0 spiro atoms. The normalized spacial score (nSPS) is 13.8. The van der Waals surface area contributed by atoms with Crippen LogP contribution in [-0.2, 0) is 32.1 Å².